The molecule has 1 atom stereocenters. The number of allylic oxidation sites excluding steroid dienone is 1. The molecule has 0 N–H and O–H groups in total. The molecule has 1 aromatic heterocycles. The minimum absolute atomic E-state index is 0.232. The van der Waals surface area contributed by atoms with Crippen molar-refractivity contribution in [1.82, 2.24) is 4.98 Å². The van der Waals surface area contributed by atoms with Gasteiger partial charge in [0, 0.05) is 18.3 Å². The monoisotopic (exact) mass is 251 g/mol. The van der Waals surface area contributed by atoms with Crippen LogP contribution in [0.5, 0.6) is 0 Å². The van der Waals surface area contributed by atoms with Gasteiger partial charge >= 0.3 is 0 Å². The fraction of sp³-hybridized carbons (Fsp3) is 0.278. The molecule has 1 nitrogen and oxygen atoms in total. The second-order valence-corrected chi connectivity index (χ2v) is 4.85. The fourth-order valence-corrected chi connectivity index (χ4v) is 2.32. The van der Waals surface area contributed by atoms with Gasteiger partial charge in [-0.1, -0.05) is 55.8 Å². The van der Waals surface area contributed by atoms with Crippen LogP contribution in [0.15, 0.2) is 61.4 Å². The van der Waals surface area contributed by atoms with Gasteiger partial charge in [0.15, 0.2) is 0 Å². The van der Waals surface area contributed by atoms with Crippen molar-refractivity contribution in [3.63, 3.8) is 0 Å². The molecule has 0 aliphatic rings. The molecule has 0 spiro atoms. The molecule has 2 aromatic rings. The number of rotatable bonds is 6. The Hall–Kier alpha value is -1.89. The maximum atomic E-state index is 4.38. The predicted octanol–water partition coefficient (Wildman–Crippen LogP) is 4.74. The SMILES string of the molecule is C=C[C@H](c1ccccc1)c1cncc(CCCC)c1. The zero-order valence-electron chi connectivity index (χ0n) is 11.5. The van der Waals surface area contributed by atoms with Crippen molar-refractivity contribution in [3.8, 4) is 0 Å². The van der Waals surface area contributed by atoms with Crippen molar-refractivity contribution in [1.29, 1.82) is 0 Å². The number of aromatic nitrogens is 1. The number of nitrogens with zero attached hydrogens (tertiary/aromatic N) is 1. The molecule has 1 heteroatoms. The summed E-state index contributed by atoms with van der Waals surface area (Å²) in [5.41, 5.74) is 3.82. The molecule has 98 valence electrons. The van der Waals surface area contributed by atoms with Gasteiger partial charge in [-0.15, -0.1) is 6.58 Å². The summed E-state index contributed by atoms with van der Waals surface area (Å²) < 4.78 is 0. The van der Waals surface area contributed by atoms with Crippen LogP contribution >= 0.6 is 0 Å². The molecular formula is C18H21N. The van der Waals surface area contributed by atoms with E-state index in [1.807, 2.05) is 24.5 Å². The van der Waals surface area contributed by atoms with Gasteiger partial charge in [0.05, 0.1) is 0 Å². The van der Waals surface area contributed by atoms with E-state index in [1.165, 1.54) is 29.5 Å². The van der Waals surface area contributed by atoms with Crippen LogP contribution in [0.4, 0.5) is 0 Å². The lowest BCUT2D eigenvalue weighted by Gasteiger charge is -2.14. The van der Waals surface area contributed by atoms with Crippen LogP contribution in [0, 0.1) is 0 Å². The summed E-state index contributed by atoms with van der Waals surface area (Å²) >= 11 is 0. The Bertz CT molecular complexity index is 516. The maximum absolute atomic E-state index is 4.38. The summed E-state index contributed by atoms with van der Waals surface area (Å²) in [6, 6.07) is 12.7. The summed E-state index contributed by atoms with van der Waals surface area (Å²) in [6.07, 6.45) is 9.47. The zero-order chi connectivity index (χ0) is 13.5. The van der Waals surface area contributed by atoms with Gasteiger partial charge in [-0.3, -0.25) is 4.98 Å². The smallest absolute Gasteiger partial charge is 0.0309 e. The van der Waals surface area contributed by atoms with Gasteiger partial charge < -0.3 is 0 Å². The molecular weight excluding hydrogens is 230 g/mol. The van der Waals surface area contributed by atoms with E-state index >= 15 is 0 Å². The van der Waals surface area contributed by atoms with Crippen LogP contribution < -0.4 is 0 Å². The highest BCUT2D eigenvalue weighted by molar-refractivity contribution is 5.36. The van der Waals surface area contributed by atoms with E-state index in [-0.39, 0.29) is 5.92 Å². The molecule has 0 fully saturated rings. The van der Waals surface area contributed by atoms with Gasteiger partial charge in [-0.25, -0.2) is 0 Å². The Morgan fingerprint density at radius 1 is 1.16 bits per heavy atom. The van der Waals surface area contributed by atoms with E-state index in [1.54, 1.807) is 0 Å². The number of benzene rings is 1. The first-order valence-corrected chi connectivity index (χ1v) is 6.96. The average Bonchev–Trinajstić information content (AvgIpc) is 2.47. The third-order valence-electron chi connectivity index (χ3n) is 3.39. The normalized spacial score (nSPS) is 12.1. The first-order valence-electron chi connectivity index (χ1n) is 6.96. The van der Waals surface area contributed by atoms with Crippen LogP contribution in [0.2, 0.25) is 0 Å². The Kier molecular flexibility index (Phi) is 4.91. The Labute approximate surface area is 116 Å². The maximum Gasteiger partial charge on any atom is 0.0309 e. The highest BCUT2D eigenvalue weighted by Crippen LogP contribution is 2.25. The molecule has 0 aliphatic heterocycles. The molecule has 0 amide bonds. The van der Waals surface area contributed by atoms with Crippen molar-refractivity contribution >= 4 is 0 Å². The number of hydrogen-bond donors (Lipinski definition) is 0. The standard InChI is InChI=1S/C18H21N/c1-3-5-9-15-12-17(14-19-13-15)18(4-2)16-10-7-6-8-11-16/h4,6-8,10-14,18H,2-3,5,9H2,1H3/t18-/m1/s1. The molecule has 0 aliphatic carbocycles. The number of aryl methyl sites for hydroxylation is 1. The van der Waals surface area contributed by atoms with Crippen molar-refractivity contribution in [2.24, 2.45) is 0 Å². The van der Waals surface area contributed by atoms with E-state index in [4.69, 9.17) is 0 Å². The second-order valence-electron chi connectivity index (χ2n) is 4.85. The molecule has 1 heterocycles. The van der Waals surface area contributed by atoms with Gasteiger partial charge in [0.2, 0.25) is 0 Å². The molecule has 19 heavy (non-hydrogen) atoms. The quantitative estimate of drug-likeness (QED) is 0.676. The van der Waals surface area contributed by atoms with Gasteiger partial charge in [-0.2, -0.15) is 0 Å². The van der Waals surface area contributed by atoms with E-state index in [0.717, 1.165) is 6.42 Å². The first kappa shape index (κ1) is 13.5. The summed E-state index contributed by atoms with van der Waals surface area (Å²) in [5.74, 6) is 0.232. The van der Waals surface area contributed by atoms with E-state index in [2.05, 4.69) is 48.8 Å². The summed E-state index contributed by atoms with van der Waals surface area (Å²) in [6.45, 7) is 6.19. The molecule has 0 unspecified atom stereocenters. The summed E-state index contributed by atoms with van der Waals surface area (Å²) in [7, 11) is 0. The Morgan fingerprint density at radius 3 is 2.63 bits per heavy atom. The third kappa shape index (κ3) is 3.54. The molecule has 0 bridgehead atoms. The lowest BCUT2D eigenvalue weighted by Crippen LogP contribution is -1.99. The van der Waals surface area contributed by atoms with Crippen molar-refractivity contribution in [3.05, 3.63) is 78.1 Å². The van der Waals surface area contributed by atoms with Crippen LogP contribution in [0.3, 0.4) is 0 Å². The molecule has 0 radical (unpaired) electrons. The number of pyridine rings is 1. The highest BCUT2D eigenvalue weighted by atomic mass is 14.6. The topological polar surface area (TPSA) is 12.9 Å². The van der Waals surface area contributed by atoms with Crippen LogP contribution in [-0.4, -0.2) is 4.98 Å². The second kappa shape index (κ2) is 6.89. The number of hydrogen-bond acceptors (Lipinski definition) is 1. The van der Waals surface area contributed by atoms with Gasteiger partial charge in [0.1, 0.15) is 0 Å². The Morgan fingerprint density at radius 2 is 1.95 bits per heavy atom. The highest BCUT2D eigenvalue weighted by Gasteiger charge is 2.10. The van der Waals surface area contributed by atoms with Gasteiger partial charge in [0.25, 0.3) is 0 Å². The van der Waals surface area contributed by atoms with Gasteiger partial charge in [-0.05, 0) is 29.5 Å². The third-order valence-corrected chi connectivity index (χ3v) is 3.39. The van der Waals surface area contributed by atoms with Crippen LogP contribution in [-0.2, 0) is 6.42 Å². The van der Waals surface area contributed by atoms with Crippen molar-refractivity contribution in [2.75, 3.05) is 0 Å². The van der Waals surface area contributed by atoms with Crippen molar-refractivity contribution < 1.29 is 0 Å². The summed E-state index contributed by atoms with van der Waals surface area (Å²) in [5, 5.41) is 0. The van der Waals surface area contributed by atoms with Crippen molar-refractivity contribution in [2.45, 2.75) is 32.1 Å². The fourth-order valence-electron chi connectivity index (χ4n) is 2.32. The lowest BCUT2D eigenvalue weighted by molar-refractivity contribution is 0.789. The van der Waals surface area contributed by atoms with E-state index in [9.17, 15) is 0 Å². The summed E-state index contributed by atoms with van der Waals surface area (Å²) in [4.78, 5) is 4.38. The molecule has 0 saturated carbocycles. The van der Waals surface area contributed by atoms with Crippen LogP contribution in [0.1, 0.15) is 42.4 Å². The molecule has 0 saturated heterocycles. The number of unbranched alkanes of at least 4 members (excludes halogenated alkanes) is 1. The zero-order valence-corrected chi connectivity index (χ0v) is 11.5. The van der Waals surface area contributed by atoms with Crippen LogP contribution in [0.25, 0.3) is 0 Å². The first-order chi connectivity index (χ1) is 9.35. The average molecular weight is 251 g/mol. The molecule has 2 rings (SSSR count). The van der Waals surface area contributed by atoms with E-state index in [0.29, 0.717) is 0 Å². The van der Waals surface area contributed by atoms with E-state index < -0.39 is 0 Å². The minimum Gasteiger partial charge on any atom is -0.264 e. The minimum atomic E-state index is 0.232. The predicted molar refractivity (Wildman–Crippen MR) is 81.3 cm³/mol. The Balaban J connectivity index is 2.26. The molecule has 1 aromatic carbocycles. The lowest BCUT2D eigenvalue weighted by atomic mass is 9.91. The largest absolute Gasteiger partial charge is 0.264 e.